The molecule has 1 fully saturated rings. The second-order valence-electron chi connectivity index (χ2n) is 7.02. The Hall–Kier alpha value is -2.21. The maximum absolute atomic E-state index is 13.3. The van der Waals surface area contributed by atoms with E-state index >= 15 is 0 Å². The first-order valence-corrected chi connectivity index (χ1v) is 9.74. The maximum atomic E-state index is 13.3. The summed E-state index contributed by atoms with van der Waals surface area (Å²) < 4.78 is 38.4. The molecule has 4 nitrogen and oxygen atoms in total. The summed E-state index contributed by atoms with van der Waals surface area (Å²) in [6.07, 6.45) is 1.83. The van der Waals surface area contributed by atoms with Gasteiger partial charge in [0.05, 0.1) is 10.6 Å². The third-order valence-corrected chi connectivity index (χ3v) is 6.56. The summed E-state index contributed by atoms with van der Waals surface area (Å²) in [5.74, 6) is -0.678. The Morgan fingerprint density at radius 1 is 1.20 bits per heavy atom. The lowest BCUT2D eigenvalue weighted by Crippen LogP contribution is -2.16. The molecule has 0 bridgehead atoms. The Balaban J connectivity index is 1.80. The second kappa shape index (κ2) is 6.26. The number of carbonyl (C=O) groups is 1. The van der Waals surface area contributed by atoms with Gasteiger partial charge in [-0.1, -0.05) is 13.0 Å². The van der Waals surface area contributed by atoms with Crippen LogP contribution < -0.4 is 5.32 Å². The van der Waals surface area contributed by atoms with Crippen LogP contribution in [-0.4, -0.2) is 20.1 Å². The first-order valence-electron chi connectivity index (χ1n) is 8.09. The van der Waals surface area contributed by atoms with Crippen LogP contribution in [0.5, 0.6) is 0 Å². The van der Waals surface area contributed by atoms with Crippen molar-refractivity contribution in [1.82, 2.24) is 0 Å². The van der Waals surface area contributed by atoms with Gasteiger partial charge in [0.2, 0.25) is 0 Å². The molecule has 132 valence electrons. The number of benzene rings is 2. The minimum atomic E-state index is -3.43. The van der Waals surface area contributed by atoms with Gasteiger partial charge in [-0.3, -0.25) is 4.79 Å². The highest BCUT2D eigenvalue weighted by Crippen LogP contribution is 2.46. The molecule has 0 saturated heterocycles. The van der Waals surface area contributed by atoms with Crippen LogP contribution in [0.1, 0.15) is 35.7 Å². The van der Waals surface area contributed by atoms with Gasteiger partial charge in [0.15, 0.2) is 9.84 Å². The average Bonchev–Trinajstić information content (AvgIpc) is 3.27. The molecule has 3 rings (SSSR count). The van der Waals surface area contributed by atoms with Crippen LogP contribution in [-0.2, 0) is 9.84 Å². The molecule has 25 heavy (non-hydrogen) atoms. The molecule has 0 heterocycles. The number of anilines is 1. The maximum Gasteiger partial charge on any atom is 0.255 e. The van der Waals surface area contributed by atoms with E-state index in [-0.39, 0.29) is 27.4 Å². The van der Waals surface area contributed by atoms with Gasteiger partial charge in [-0.25, -0.2) is 12.8 Å². The third-order valence-electron chi connectivity index (χ3n) is 4.51. The number of halogens is 1. The Morgan fingerprint density at radius 3 is 2.56 bits per heavy atom. The fourth-order valence-electron chi connectivity index (χ4n) is 2.66. The van der Waals surface area contributed by atoms with Gasteiger partial charge >= 0.3 is 0 Å². The van der Waals surface area contributed by atoms with Gasteiger partial charge in [0.25, 0.3) is 5.91 Å². The van der Waals surface area contributed by atoms with Crippen molar-refractivity contribution in [1.29, 1.82) is 0 Å². The molecule has 0 atom stereocenters. The summed E-state index contributed by atoms with van der Waals surface area (Å²) in [7, 11) is -3.43. The Labute approximate surface area is 147 Å². The molecule has 0 aliphatic heterocycles. The number of amides is 1. The van der Waals surface area contributed by atoms with Gasteiger partial charge in [-0.2, -0.15) is 0 Å². The van der Waals surface area contributed by atoms with E-state index in [0.29, 0.717) is 11.3 Å². The molecule has 0 unspecified atom stereocenters. The van der Waals surface area contributed by atoms with Gasteiger partial charge in [0, 0.05) is 11.3 Å². The molecular formula is C19H20FNO3S. The van der Waals surface area contributed by atoms with Crippen LogP contribution in [0.15, 0.2) is 47.4 Å². The number of rotatable bonds is 5. The van der Waals surface area contributed by atoms with Crippen molar-refractivity contribution in [3.8, 4) is 0 Å². The molecule has 1 saturated carbocycles. The summed E-state index contributed by atoms with van der Waals surface area (Å²) in [6.45, 7) is 3.56. The Morgan fingerprint density at radius 2 is 1.92 bits per heavy atom. The lowest BCUT2D eigenvalue weighted by Gasteiger charge is -2.11. The standard InChI is InChI=1S/C19H20FNO3S/c1-13-10-15(6-7-17(13)20)21-18(22)14-4-3-5-16(11-14)25(23,24)12-19(2)8-9-19/h3-7,10-11H,8-9,12H2,1-2H3,(H,21,22). The molecule has 0 aromatic heterocycles. The summed E-state index contributed by atoms with van der Waals surface area (Å²) >= 11 is 0. The Bertz CT molecular complexity index is 933. The molecule has 1 amide bonds. The predicted octanol–water partition coefficient (Wildman–Crippen LogP) is 3.96. The molecule has 1 aliphatic carbocycles. The van der Waals surface area contributed by atoms with Crippen molar-refractivity contribution in [2.75, 3.05) is 11.1 Å². The first-order chi connectivity index (χ1) is 11.7. The zero-order chi connectivity index (χ0) is 18.2. The topological polar surface area (TPSA) is 63.2 Å². The zero-order valence-electron chi connectivity index (χ0n) is 14.2. The molecule has 2 aromatic rings. The number of hydrogen-bond donors (Lipinski definition) is 1. The number of sulfone groups is 1. The van der Waals surface area contributed by atoms with Crippen LogP contribution >= 0.6 is 0 Å². The number of aryl methyl sites for hydroxylation is 1. The summed E-state index contributed by atoms with van der Waals surface area (Å²) in [4.78, 5) is 12.5. The summed E-state index contributed by atoms with van der Waals surface area (Å²) in [5.41, 5.74) is 1.00. The average molecular weight is 361 g/mol. The molecule has 0 spiro atoms. The van der Waals surface area contributed by atoms with E-state index < -0.39 is 15.7 Å². The van der Waals surface area contributed by atoms with Crippen molar-refractivity contribution in [2.24, 2.45) is 5.41 Å². The highest BCUT2D eigenvalue weighted by Gasteiger charge is 2.41. The van der Waals surface area contributed by atoms with Crippen molar-refractivity contribution in [3.05, 3.63) is 59.4 Å². The molecule has 1 N–H and O–H groups in total. The van der Waals surface area contributed by atoms with Gasteiger partial charge in [-0.05, 0) is 67.1 Å². The van der Waals surface area contributed by atoms with Crippen LogP contribution in [0.4, 0.5) is 10.1 Å². The number of carbonyl (C=O) groups excluding carboxylic acids is 1. The minimum Gasteiger partial charge on any atom is -0.322 e. The molecule has 0 radical (unpaired) electrons. The van der Waals surface area contributed by atoms with Crippen molar-refractivity contribution < 1.29 is 17.6 Å². The van der Waals surface area contributed by atoms with E-state index in [1.54, 1.807) is 19.1 Å². The summed E-state index contributed by atoms with van der Waals surface area (Å²) in [5, 5.41) is 2.67. The lowest BCUT2D eigenvalue weighted by molar-refractivity contribution is 0.102. The largest absolute Gasteiger partial charge is 0.322 e. The minimum absolute atomic E-state index is 0.0994. The van der Waals surface area contributed by atoms with Gasteiger partial charge < -0.3 is 5.32 Å². The predicted molar refractivity (Wildman–Crippen MR) is 94.9 cm³/mol. The fourth-order valence-corrected chi connectivity index (χ4v) is 4.62. The molecular weight excluding hydrogens is 341 g/mol. The normalized spacial score (nSPS) is 15.6. The van der Waals surface area contributed by atoms with E-state index in [1.165, 1.54) is 30.3 Å². The van der Waals surface area contributed by atoms with Crippen LogP contribution in [0.3, 0.4) is 0 Å². The fraction of sp³-hybridized carbons (Fsp3) is 0.316. The monoisotopic (exact) mass is 361 g/mol. The van der Waals surface area contributed by atoms with Crippen LogP contribution in [0.25, 0.3) is 0 Å². The third kappa shape index (κ3) is 4.07. The van der Waals surface area contributed by atoms with Crippen molar-refractivity contribution in [3.63, 3.8) is 0 Å². The van der Waals surface area contributed by atoms with Crippen molar-refractivity contribution in [2.45, 2.75) is 31.6 Å². The quantitative estimate of drug-likeness (QED) is 0.877. The SMILES string of the molecule is Cc1cc(NC(=O)c2cccc(S(=O)(=O)CC3(C)CC3)c2)ccc1F. The van der Waals surface area contributed by atoms with Gasteiger partial charge in [0.1, 0.15) is 5.82 Å². The second-order valence-corrected chi connectivity index (χ2v) is 9.01. The molecule has 1 aliphatic rings. The number of nitrogens with one attached hydrogen (secondary N) is 1. The lowest BCUT2D eigenvalue weighted by atomic mass is 10.2. The zero-order valence-corrected chi connectivity index (χ0v) is 15.0. The van der Waals surface area contributed by atoms with Crippen LogP contribution in [0, 0.1) is 18.2 Å². The van der Waals surface area contributed by atoms with E-state index in [1.807, 2.05) is 6.92 Å². The number of hydrogen-bond acceptors (Lipinski definition) is 3. The van der Waals surface area contributed by atoms with E-state index in [0.717, 1.165) is 12.8 Å². The highest BCUT2D eigenvalue weighted by molar-refractivity contribution is 7.91. The Kier molecular flexibility index (Phi) is 4.41. The van der Waals surface area contributed by atoms with Gasteiger partial charge in [-0.15, -0.1) is 0 Å². The van der Waals surface area contributed by atoms with E-state index in [4.69, 9.17) is 0 Å². The van der Waals surface area contributed by atoms with E-state index in [9.17, 15) is 17.6 Å². The smallest absolute Gasteiger partial charge is 0.255 e. The molecule has 2 aromatic carbocycles. The summed E-state index contributed by atoms with van der Waals surface area (Å²) in [6, 6.07) is 10.3. The highest BCUT2D eigenvalue weighted by atomic mass is 32.2. The van der Waals surface area contributed by atoms with Crippen molar-refractivity contribution >= 4 is 21.4 Å². The molecule has 6 heteroatoms. The first kappa shape index (κ1) is 17.6. The van der Waals surface area contributed by atoms with Crippen LogP contribution in [0.2, 0.25) is 0 Å². The van der Waals surface area contributed by atoms with E-state index in [2.05, 4.69) is 5.32 Å².